The van der Waals surface area contributed by atoms with E-state index in [9.17, 15) is 4.79 Å². The largest absolute Gasteiger partial charge is 0.497 e. The second-order valence-corrected chi connectivity index (χ2v) is 8.92. The first-order valence-electron chi connectivity index (χ1n) is 11.4. The molecule has 182 valence electrons. The summed E-state index contributed by atoms with van der Waals surface area (Å²) >= 11 is 1.31. The van der Waals surface area contributed by atoms with Gasteiger partial charge in [-0.15, -0.1) is 10.2 Å². The van der Waals surface area contributed by atoms with Gasteiger partial charge in [0.2, 0.25) is 5.91 Å². The summed E-state index contributed by atoms with van der Waals surface area (Å²) in [4.78, 5) is 15.9. The first-order valence-corrected chi connectivity index (χ1v) is 12.3. The standard InChI is InChI=1S/C27H25N5O3S/c1-34-19-12-13-24(35-2)23(14-19)32-26(21-16-28-22-11-7-6-10-20(21)22)30-31-27(32)36-17-25(33)29-15-18-8-4-3-5-9-18/h3-14,16,28H,15,17H2,1-2H3,(H,29,33). The Bertz CT molecular complexity index is 1500. The highest BCUT2D eigenvalue weighted by atomic mass is 32.2. The van der Waals surface area contributed by atoms with Gasteiger partial charge in [0.15, 0.2) is 11.0 Å². The van der Waals surface area contributed by atoms with Crippen molar-refractivity contribution in [3.05, 3.63) is 84.6 Å². The Balaban J connectivity index is 1.50. The van der Waals surface area contributed by atoms with Gasteiger partial charge in [0.1, 0.15) is 11.5 Å². The SMILES string of the molecule is COc1ccc(OC)c(-n2c(SCC(=O)NCc3ccccc3)nnc2-c2c[nH]c3ccccc23)c1. The second-order valence-electron chi connectivity index (χ2n) is 7.98. The van der Waals surface area contributed by atoms with Crippen LogP contribution in [0, 0.1) is 0 Å². The van der Waals surface area contributed by atoms with Crippen LogP contribution in [0.2, 0.25) is 0 Å². The quantitative estimate of drug-likeness (QED) is 0.282. The van der Waals surface area contributed by atoms with Crippen LogP contribution in [0.25, 0.3) is 28.0 Å². The molecule has 0 saturated heterocycles. The molecule has 2 heterocycles. The number of hydrogen-bond donors (Lipinski definition) is 2. The van der Waals surface area contributed by atoms with Crippen LogP contribution in [0.5, 0.6) is 11.5 Å². The molecular formula is C27H25N5O3S. The molecule has 8 nitrogen and oxygen atoms in total. The highest BCUT2D eigenvalue weighted by molar-refractivity contribution is 7.99. The van der Waals surface area contributed by atoms with Gasteiger partial charge in [-0.2, -0.15) is 0 Å². The minimum Gasteiger partial charge on any atom is -0.497 e. The third kappa shape index (κ3) is 4.78. The lowest BCUT2D eigenvalue weighted by molar-refractivity contribution is -0.118. The summed E-state index contributed by atoms with van der Waals surface area (Å²) in [7, 11) is 3.23. The molecule has 9 heteroatoms. The minimum absolute atomic E-state index is 0.0929. The van der Waals surface area contributed by atoms with Crippen molar-refractivity contribution < 1.29 is 14.3 Å². The summed E-state index contributed by atoms with van der Waals surface area (Å²) in [5.41, 5.74) is 3.65. The summed E-state index contributed by atoms with van der Waals surface area (Å²) in [5.74, 6) is 2.02. The van der Waals surface area contributed by atoms with Gasteiger partial charge in [-0.3, -0.25) is 9.36 Å². The predicted molar refractivity (Wildman–Crippen MR) is 141 cm³/mol. The van der Waals surface area contributed by atoms with Crippen LogP contribution in [0.3, 0.4) is 0 Å². The van der Waals surface area contributed by atoms with E-state index < -0.39 is 0 Å². The molecule has 0 bridgehead atoms. The maximum Gasteiger partial charge on any atom is 0.230 e. The van der Waals surface area contributed by atoms with Gasteiger partial charge >= 0.3 is 0 Å². The smallest absolute Gasteiger partial charge is 0.230 e. The van der Waals surface area contributed by atoms with Gasteiger partial charge in [0.05, 0.1) is 25.7 Å². The number of rotatable bonds is 9. The molecule has 0 fully saturated rings. The molecule has 0 atom stereocenters. The number of ether oxygens (including phenoxy) is 2. The number of aromatic amines is 1. The Morgan fingerprint density at radius 3 is 2.61 bits per heavy atom. The molecular weight excluding hydrogens is 474 g/mol. The lowest BCUT2D eigenvalue weighted by Gasteiger charge is -2.15. The first-order chi connectivity index (χ1) is 17.7. The molecule has 1 amide bonds. The van der Waals surface area contributed by atoms with E-state index in [1.54, 1.807) is 14.2 Å². The van der Waals surface area contributed by atoms with Gasteiger partial charge in [0, 0.05) is 35.3 Å². The van der Waals surface area contributed by atoms with Gasteiger partial charge < -0.3 is 19.8 Å². The number of H-pyrrole nitrogens is 1. The zero-order chi connectivity index (χ0) is 24.9. The molecule has 0 spiro atoms. The zero-order valence-electron chi connectivity index (χ0n) is 19.9. The summed E-state index contributed by atoms with van der Waals surface area (Å²) in [6, 6.07) is 23.4. The zero-order valence-corrected chi connectivity index (χ0v) is 20.7. The molecule has 0 unspecified atom stereocenters. The van der Waals surface area contributed by atoms with Crippen LogP contribution in [-0.2, 0) is 11.3 Å². The monoisotopic (exact) mass is 499 g/mol. The van der Waals surface area contributed by atoms with Crippen LogP contribution in [-0.4, -0.2) is 45.6 Å². The van der Waals surface area contributed by atoms with Gasteiger partial charge in [-0.05, 0) is 23.8 Å². The van der Waals surface area contributed by atoms with E-state index in [1.165, 1.54) is 11.8 Å². The third-order valence-electron chi connectivity index (χ3n) is 5.76. The highest BCUT2D eigenvalue weighted by Gasteiger charge is 2.22. The molecule has 0 radical (unpaired) electrons. The van der Waals surface area contributed by atoms with E-state index in [1.807, 2.05) is 83.6 Å². The van der Waals surface area contributed by atoms with Crippen molar-refractivity contribution in [3.63, 3.8) is 0 Å². The number of carbonyl (C=O) groups excluding carboxylic acids is 1. The molecule has 0 aliphatic carbocycles. The normalized spacial score (nSPS) is 10.9. The number of aromatic nitrogens is 4. The van der Waals surface area contributed by atoms with Gasteiger partial charge in [0.25, 0.3) is 0 Å². The van der Waals surface area contributed by atoms with Crippen molar-refractivity contribution in [2.75, 3.05) is 20.0 Å². The summed E-state index contributed by atoms with van der Waals surface area (Å²) < 4.78 is 13.1. The van der Waals surface area contributed by atoms with Crippen LogP contribution < -0.4 is 14.8 Å². The lowest BCUT2D eigenvalue weighted by Crippen LogP contribution is -2.24. The van der Waals surface area contributed by atoms with E-state index in [4.69, 9.17) is 9.47 Å². The number of nitrogens with zero attached hydrogens (tertiary/aromatic N) is 3. The molecule has 36 heavy (non-hydrogen) atoms. The average molecular weight is 500 g/mol. The lowest BCUT2D eigenvalue weighted by atomic mass is 10.1. The summed E-state index contributed by atoms with van der Waals surface area (Å²) in [5, 5.41) is 13.5. The number of carbonyl (C=O) groups is 1. The van der Waals surface area contributed by atoms with Gasteiger partial charge in [-0.25, -0.2) is 0 Å². The van der Waals surface area contributed by atoms with Crippen LogP contribution in [0.15, 0.2) is 84.1 Å². The average Bonchev–Trinajstić information content (AvgIpc) is 3.54. The Hall–Kier alpha value is -4.24. The Morgan fingerprint density at radius 2 is 1.81 bits per heavy atom. The number of nitrogens with one attached hydrogen (secondary N) is 2. The summed E-state index contributed by atoms with van der Waals surface area (Å²) in [6.07, 6.45) is 1.92. The maximum absolute atomic E-state index is 12.6. The van der Waals surface area contributed by atoms with Crippen molar-refractivity contribution in [1.82, 2.24) is 25.1 Å². The molecule has 0 aliphatic rings. The molecule has 5 aromatic rings. The number of thioether (sulfide) groups is 1. The van der Waals surface area contributed by atoms with Crippen molar-refractivity contribution in [2.45, 2.75) is 11.7 Å². The molecule has 5 rings (SSSR count). The number of amides is 1. The maximum atomic E-state index is 12.6. The fourth-order valence-electron chi connectivity index (χ4n) is 3.96. The molecule has 0 aliphatic heterocycles. The second kappa shape index (κ2) is 10.6. The van der Waals surface area contributed by atoms with E-state index in [0.717, 1.165) is 22.0 Å². The topological polar surface area (TPSA) is 94.1 Å². The Morgan fingerprint density at radius 1 is 1.00 bits per heavy atom. The van der Waals surface area contributed by atoms with E-state index in [2.05, 4.69) is 20.5 Å². The van der Waals surface area contributed by atoms with Crippen LogP contribution >= 0.6 is 11.8 Å². The van der Waals surface area contributed by atoms with E-state index in [0.29, 0.717) is 34.7 Å². The molecule has 2 N–H and O–H groups in total. The molecule has 0 saturated carbocycles. The van der Waals surface area contributed by atoms with Crippen molar-refractivity contribution in [1.29, 1.82) is 0 Å². The van der Waals surface area contributed by atoms with Crippen LogP contribution in [0.1, 0.15) is 5.56 Å². The Kier molecular flexibility index (Phi) is 6.90. The fourth-order valence-corrected chi connectivity index (χ4v) is 4.74. The van der Waals surface area contributed by atoms with Crippen LogP contribution in [0.4, 0.5) is 0 Å². The number of para-hydroxylation sites is 1. The number of fused-ring (bicyclic) bond motifs is 1. The fraction of sp³-hybridized carbons (Fsp3) is 0.148. The molecule has 3 aromatic carbocycles. The van der Waals surface area contributed by atoms with E-state index >= 15 is 0 Å². The highest BCUT2D eigenvalue weighted by Crippen LogP contribution is 2.36. The van der Waals surface area contributed by atoms with Crippen molar-refractivity contribution >= 4 is 28.6 Å². The van der Waals surface area contributed by atoms with Crippen molar-refractivity contribution in [2.24, 2.45) is 0 Å². The number of benzene rings is 3. The number of hydrogen-bond acceptors (Lipinski definition) is 6. The van der Waals surface area contributed by atoms with Crippen molar-refractivity contribution in [3.8, 4) is 28.6 Å². The third-order valence-corrected chi connectivity index (χ3v) is 6.68. The Labute approximate surface area is 212 Å². The first kappa shape index (κ1) is 23.5. The molecule has 2 aromatic heterocycles. The minimum atomic E-state index is -0.0929. The van der Waals surface area contributed by atoms with E-state index in [-0.39, 0.29) is 11.7 Å². The van der Waals surface area contributed by atoms with Gasteiger partial charge in [-0.1, -0.05) is 60.3 Å². The summed E-state index contributed by atoms with van der Waals surface area (Å²) in [6.45, 7) is 0.469. The number of methoxy groups -OCH3 is 2. The predicted octanol–water partition coefficient (Wildman–Crippen LogP) is 4.84.